The maximum Gasteiger partial charge on any atom is 0.329 e. The molecule has 0 spiro atoms. The topological polar surface area (TPSA) is 117 Å². The van der Waals surface area contributed by atoms with E-state index in [1.165, 1.54) is 12.1 Å². The van der Waals surface area contributed by atoms with E-state index in [0.29, 0.717) is 5.71 Å². The standard InChI is InChI=1S/C26H33N3O5/c1-16(2)24(31)28-21(15-19-11-7-6-8-12-19)26(33)34-18(4)23(17(3)27-5)29-25(32)20-13-9-10-14-22(20)30/h6-14,16,18,21,23,30H,15H2,1-5H3,(H,28,31)(H,29,32). The lowest BCUT2D eigenvalue weighted by Gasteiger charge is -2.27. The van der Waals surface area contributed by atoms with Gasteiger partial charge in [0.25, 0.3) is 5.91 Å². The summed E-state index contributed by atoms with van der Waals surface area (Å²) in [6, 6.07) is 13.9. The predicted octanol–water partition coefficient (Wildman–Crippen LogP) is 2.90. The fourth-order valence-electron chi connectivity index (χ4n) is 3.30. The number of aliphatic imine (C=N–C) groups is 1. The van der Waals surface area contributed by atoms with Crippen molar-refractivity contribution in [2.75, 3.05) is 7.05 Å². The average Bonchev–Trinajstić information content (AvgIpc) is 2.82. The lowest BCUT2D eigenvalue weighted by atomic mass is 10.0. The van der Waals surface area contributed by atoms with Gasteiger partial charge in [-0.3, -0.25) is 14.6 Å². The smallest absolute Gasteiger partial charge is 0.329 e. The summed E-state index contributed by atoms with van der Waals surface area (Å²) in [6.45, 7) is 6.84. The molecule has 8 heteroatoms. The average molecular weight is 468 g/mol. The van der Waals surface area contributed by atoms with Crippen LogP contribution in [0.5, 0.6) is 5.75 Å². The Labute approximate surface area is 200 Å². The molecular weight excluding hydrogens is 434 g/mol. The highest BCUT2D eigenvalue weighted by Gasteiger charge is 2.30. The Morgan fingerprint density at radius 3 is 2.18 bits per heavy atom. The number of phenolic OH excluding ortho intramolecular Hbond substituents is 1. The van der Waals surface area contributed by atoms with Gasteiger partial charge in [-0.1, -0.05) is 56.3 Å². The van der Waals surface area contributed by atoms with Gasteiger partial charge in [-0.25, -0.2) is 4.79 Å². The van der Waals surface area contributed by atoms with E-state index in [-0.39, 0.29) is 29.6 Å². The molecule has 0 saturated carbocycles. The zero-order valence-electron chi connectivity index (χ0n) is 20.2. The van der Waals surface area contributed by atoms with E-state index in [1.54, 1.807) is 46.9 Å². The Morgan fingerprint density at radius 1 is 0.971 bits per heavy atom. The number of rotatable bonds is 10. The third-order valence-corrected chi connectivity index (χ3v) is 5.42. The molecule has 0 fully saturated rings. The number of benzene rings is 2. The van der Waals surface area contributed by atoms with E-state index in [9.17, 15) is 19.5 Å². The maximum atomic E-state index is 13.1. The zero-order valence-corrected chi connectivity index (χ0v) is 20.2. The number of para-hydroxylation sites is 1. The van der Waals surface area contributed by atoms with Crippen molar-refractivity contribution in [3.63, 3.8) is 0 Å². The van der Waals surface area contributed by atoms with Crippen molar-refractivity contribution < 1.29 is 24.2 Å². The highest BCUT2D eigenvalue weighted by atomic mass is 16.5. The van der Waals surface area contributed by atoms with Crippen LogP contribution in [0, 0.1) is 5.92 Å². The van der Waals surface area contributed by atoms with Crippen LogP contribution in [0.25, 0.3) is 0 Å². The second kappa shape index (κ2) is 12.5. The van der Waals surface area contributed by atoms with Crippen LogP contribution >= 0.6 is 0 Å². The summed E-state index contributed by atoms with van der Waals surface area (Å²) in [5.74, 6) is -1.86. The van der Waals surface area contributed by atoms with Gasteiger partial charge in [-0.05, 0) is 31.5 Å². The Kier molecular flexibility index (Phi) is 9.79. The summed E-state index contributed by atoms with van der Waals surface area (Å²) >= 11 is 0. The fraction of sp³-hybridized carbons (Fsp3) is 0.385. The van der Waals surface area contributed by atoms with E-state index >= 15 is 0 Å². The minimum absolute atomic E-state index is 0.0982. The number of hydrogen-bond donors (Lipinski definition) is 3. The van der Waals surface area contributed by atoms with Crippen molar-refractivity contribution in [1.29, 1.82) is 0 Å². The quantitative estimate of drug-likeness (QED) is 0.367. The SMILES string of the molecule is CN=C(C)C(NC(=O)c1ccccc1O)C(C)OC(=O)C(Cc1ccccc1)NC(=O)C(C)C. The Morgan fingerprint density at radius 2 is 1.59 bits per heavy atom. The van der Waals surface area contributed by atoms with Crippen LogP contribution in [-0.2, 0) is 20.7 Å². The highest BCUT2D eigenvalue weighted by Crippen LogP contribution is 2.16. The molecule has 0 bridgehead atoms. The number of ether oxygens (including phenoxy) is 1. The molecule has 34 heavy (non-hydrogen) atoms. The molecule has 2 aromatic rings. The first-order chi connectivity index (χ1) is 16.1. The fourth-order valence-corrected chi connectivity index (χ4v) is 3.30. The van der Waals surface area contributed by atoms with Gasteiger partial charge in [0.1, 0.15) is 23.9 Å². The summed E-state index contributed by atoms with van der Waals surface area (Å²) in [4.78, 5) is 42.4. The maximum absolute atomic E-state index is 13.1. The number of nitrogens with one attached hydrogen (secondary N) is 2. The molecule has 0 heterocycles. The van der Waals surface area contributed by atoms with Crippen molar-refractivity contribution in [2.24, 2.45) is 10.9 Å². The van der Waals surface area contributed by atoms with Gasteiger partial charge in [0.15, 0.2) is 0 Å². The number of amides is 2. The van der Waals surface area contributed by atoms with Crippen LogP contribution in [0.2, 0.25) is 0 Å². The van der Waals surface area contributed by atoms with E-state index in [2.05, 4.69) is 15.6 Å². The van der Waals surface area contributed by atoms with Gasteiger partial charge in [-0.2, -0.15) is 0 Å². The molecule has 8 nitrogen and oxygen atoms in total. The molecule has 0 aliphatic heterocycles. The van der Waals surface area contributed by atoms with E-state index in [4.69, 9.17) is 4.74 Å². The van der Waals surface area contributed by atoms with Gasteiger partial charge >= 0.3 is 5.97 Å². The summed E-state index contributed by atoms with van der Waals surface area (Å²) in [5, 5.41) is 15.5. The van der Waals surface area contributed by atoms with E-state index < -0.39 is 30.1 Å². The number of carbonyl (C=O) groups excluding carboxylic acids is 3. The Bertz CT molecular complexity index is 1020. The van der Waals surface area contributed by atoms with Crippen molar-refractivity contribution in [3.05, 3.63) is 65.7 Å². The minimum atomic E-state index is -0.895. The first kappa shape index (κ1) is 26.6. The van der Waals surface area contributed by atoms with Crippen LogP contribution in [0.3, 0.4) is 0 Å². The molecule has 182 valence electrons. The summed E-state index contributed by atoms with van der Waals surface area (Å²) in [6.07, 6.45) is -0.527. The molecule has 3 unspecified atom stereocenters. The number of phenols is 1. The third kappa shape index (κ3) is 7.43. The predicted molar refractivity (Wildman–Crippen MR) is 131 cm³/mol. The van der Waals surface area contributed by atoms with Gasteiger partial charge in [0.2, 0.25) is 5.91 Å². The van der Waals surface area contributed by atoms with Gasteiger partial charge in [-0.15, -0.1) is 0 Å². The molecule has 2 amide bonds. The first-order valence-electron chi connectivity index (χ1n) is 11.2. The number of esters is 1. The van der Waals surface area contributed by atoms with Crippen LogP contribution < -0.4 is 10.6 Å². The summed E-state index contributed by atoms with van der Waals surface area (Å²) in [5.41, 5.74) is 1.51. The zero-order chi connectivity index (χ0) is 25.3. The van der Waals surface area contributed by atoms with Gasteiger partial charge < -0.3 is 20.5 Å². The monoisotopic (exact) mass is 467 g/mol. The number of hydrogen-bond acceptors (Lipinski definition) is 6. The van der Waals surface area contributed by atoms with E-state index in [0.717, 1.165) is 5.56 Å². The van der Waals surface area contributed by atoms with Crippen LogP contribution in [0.1, 0.15) is 43.6 Å². The Balaban J connectivity index is 2.20. The van der Waals surface area contributed by atoms with E-state index in [1.807, 2.05) is 30.3 Å². The highest BCUT2D eigenvalue weighted by molar-refractivity contribution is 6.00. The Hall–Kier alpha value is -3.68. The molecular formula is C26H33N3O5. The molecule has 3 atom stereocenters. The van der Waals surface area contributed by atoms with Crippen molar-refractivity contribution in [3.8, 4) is 5.75 Å². The van der Waals surface area contributed by atoms with Crippen molar-refractivity contribution in [1.82, 2.24) is 10.6 Å². The summed E-state index contributed by atoms with van der Waals surface area (Å²) in [7, 11) is 1.57. The van der Waals surface area contributed by atoms with Crippen LogP contribution in [0.4, 0.5) is 0 Å². The third-order valence-electron chi connectivity index (χ3n) is 5.42. The number of aromatic hydroxyl groups is 1. The molecule has 2 aromatic carbocycles. The van der Waals surface area contributed by atoms with Crippen molar-refractivity contribution >= 4 is 23.5 Å². The minimum Gasteiger partial charge on any atom is -0.507 e. The second-order valence-electron chi connectivity index (χ2n) is 8.38. The lowest BCUT2D eigenvalue weighted by molar-refractivity contribution is -0.153. The second-order valence-corrected chi connectivity index (χ2v) is 8.38. The molecule has 3 N–H and O–H groups in total. The normalized spacial score (nSPS) is 14.1. The van der Waals surface area contributed by atoms with Gasteiger partial charge in [0.05, 0.1) is 5.56 Å². The molecule has 0 aliphatic carbocycles. The number of nitrogens with zero attached hydrogens (tertiary/aromatic N) is 1. The van der Waals surface area contributed by atoms with Crippen LogP contribution in [-0.4, -0.2) is 53.8 Å². The lowest BCUT2D eigenvalue weighted by Crippen LogP contribution is -2.51. The first-order valence-corrected chi connectivity index (χ1v) is 11.2. The summed E-state index contributed by atoms with van der Waals surface area (Å²) < 4.78 is 5.71. The molecule has 2 rings (SSSR count). The molecule has 0 saturated heterocycles. The van der Waals surface area contributed by atoms with Gasteiger partial charge in [0, 0.05) is 25.1 Å². The largest absolute Gasteiger partial charge is 0.507 e. The van der Waals surface area contributed by atoms with Crippen molar-refractivity contribution in [2.45, 2.75) is 52.3 Å². The molecule has 0 radical (unpaired) electrons. The van der Waals surface area contributed by atoms with Crippen LogP contribution in [0.15, 0.2) is 59.6 Å². The molecule has 0 aliphatic rings. The number of carbonyl (C=O) groups is 3. The molecule has 0 aromatic heterocycles.